The van der Waals surface area contributed by atoms with Gasteiger partial charge in [-0.25, -0.2) is 0 Å². The Morgan fingerprint density at radius 1 is 1.20 bits per heavy atom. The molecule has 2 nitrogen and oxygen atoms in total. The molecule has 0 aromatic carbocycles. The van der Waals surface area contributed by atoms with Crippen LogP contribution in [0, 0.1) is 23.7 Å². The first-order valence-corrected chi connectivity index (χ1v) is 9.96. The van der Waals surface area contributed by atoms with Gasteiger partial charge in [0.05, 0.1) is 6.61 Å². The molecule has 0 aliphatic heterocycles. The highest BCUT2D eigenvalue weighted by atomic mass is 28.4. The summed E-state index contributed by atoms with van der Waals surface area (Å²) in [5.74, 6) is 11.9. The fourth-order valence-corrected chi connectivity index (χ4v) is 2.35. The number of hydrogen-bond donors (Lipinski definition) is 1. The highest BCUT2D eigenvalue weighted by Gasteiger charge is 2.37. The molecule has 0 rings (SSSR count). The lowest BCUT2D eigenvalue weighted by atomic mass is 10.2. The van der Waals surface area contributed by atoms with Gasteiger partial charge in [0, 0.05) is 6.04 Å². The first-order chi connectivity index (χ1) is 9.17. The van der Waals surface area contributed by atoms with Gasteiger partial charge in [0.2, 0.25) is 0 Å². The minimum absolute atomic E-state index is 0.0656. The minimum atomic E-state index is -1.73. The summed E-state index contributed by atoms with van der Waals surface area (Å²) in [4.78, 5) is 0. The average molecular weight is 292 g/mol. The first-order valence-electron chi connectivity index (χ1n) is 7.05. The maximum Gasteiger partial charge on any atom is 0.192 e. The van der Waals surface area contributed by atoms with Crippen molar-refractivity contribution in [1.82, 2.24) is 5.32 Å². The molecular formula is C17H29NOSi. The molecule has 0 spiro atoms. The summed E-state index contributed by atoms with van der Waals surface area (Å²) in [6.07, 6.45) is 1.87. The van der Waals surface area contributed by atoms with E-state index >= 15 is 0 Å². The van der Waals surface area contributed by atoms with E-state index in [1.807, 2.05) is 19.9 Å². The van der Waals surface area contributed by atoms with Gasteiger partial charge in [0.15, 0.2) is 8.32 Å². The van der Waals surface area contributed by atoms with E-state index in [-0.39, 0.29) is 17.1 Å². The molecule has 0 aromatic heterocycles. The van der Waals surface area contributed by atoms with Gasteiger partial charge in [-0.3, -0.25) is 5.32 Å². The first kappa shape index (κ1) is 19.0. The topological polar surface area (TPSA) is 21.3 Å². The third-order valence-electron chi connectivity index (χ3n) is 3.67. The van der Waals surface area contributed by atoms with Crippen LogP contribution in [0.25, 0.3) is 0 Å². The van der Waals surface area contributed by atoms with Crippen molar-refractivity contribution in [2.75, 3.05) is 6.61 Å². The van der Waals surface area contributed by atoms with Gasteiger partial charge < -0.3 is 4.43 Å². The second-order valence-electron chi connectivity index (χ2n) is 6.30. The number of nitrogens with one attached hydrogen (secondary N) is 1. The van der Waals surface area contributed by atoms with Crippen molar-refractivity contribution < 1.29 is 4.43 Å². The van der Waals surface area contributed by atoms with Gasteiger partial charge in [-0.15, -0.1) is 18.4 Å². The van der Waals surface area contributed by atoms with E-state index < -0.39 is 8.32 Å². The van der Waals surface area contributed by atoms with E-state index in [4.69, 9.17) is 4.43 Å². The van der Waals surface area contributed by atoms with Crippen LogP contribution >= 0.6 is 0 Å². The Labute approximate surface area is 126 Å². The second-order valence-corrected chi connectivity index (χ2v) is 11.1. The maximum absolute atomic E-state index is 6.21. The molecule has 0 aliphatic rings. The summed E-state index contributed by atoms with van der Waals surface area (Å²) >= 11 is 0. The molecule has 0 fully saturated rings. The summed E-state index contributed by atoms with van der Waals surface area (Å²) in [6, 6.07) is -0.0631. The Kier molecular flexibility index (Phi) is 7.90. The number of hydrogen-bond acceptors (Lipinski definition) is 2. The molecule has 0 radical (unpaired) electrons. The third kappa shape index (κ3) is 6.44. The van der Waals surface area contributed by atoms with Crippen molar-refractivity contribution in [2.24, 2.45) is 0 Å². The van der Waals surface area contributed by atoms with Crippen molar-refractivity contribution in [3.05, 3.63) is 12.7 Å². The van der Waals surface area contributed by atoms with Gasteiger partial charge in [0.25, 0.3) is 0 Å². The Balaban J connectivity index is 4.66. The molecule has 0 bridgehead atoms. The molecule has 0 amide bonds. The fourth-order valence-electron chi connectivity index (χ4n) is 1.32. The van der Waals surface area contributed by atoms with Crippen molar-refractivity contribution in [2.45, 2.75) is 64.8 Å². The monoisotopic (exact) mass is 291 g/mol. The highest BCUT2D eigenvalue weighted by molar-refractivity contribution is 6.74. The largest absolute Gasteiger partial charge is 0.415 e. The van der Waals surface area contributed by atoms with Gasteiger partial charge in [0.1, 0.15) is 6.04 Å². The third-order valence-corrected chi connectivity index (χ3v) is 8.17. The van der Waals surface area contributed by atoms with E-state index in [0.717, 1.165) is 0 Å². The standard InChI is InChI=1S/C17H29NOSi/c1-9-12-16(13-10-2)18-15(11-3)14-19-20(7,8)17(4,5)6/h11,15-16,18H,3,14H2,1-2,4-8H3/t15-/m1/s1. The molecule has 0 aliphatic carbocycles. The van der Waals surface area contributed by atoms with Crippen LogP contribution in [0.1, 0.15) is 34.6 Å². The summed E-state index contributed by atoms with van der Waals surface area (Å²) in [5, 5.41) is 3.57. The maximum atomic E-state index is 6.21. The van der Waals surface area contributed by atoms with Crippen LogP contribution in [-0.2, 0) is 4.43 Å². The fraction of sp³-hybridized carbons (Fsp3) is 0.647. The molecule has 0 saturated carbocycles. The Hall–Kier alpha value is -1.00. The summed E-state index contributed by atoms with van der Waals surface area (Å²) < 4.78 is 6.21. The quantitative estimate of drug-likeness (QED) is 0.459. The summed E-state index contributed by atoms with van der Waals surface area (Å²) in [7, 11) is -1.73. The lowest BCUT2D eigenvalue weighted by molar-refractivity contribution is 0.261. The van der Waals surface area contributed by atoms with Crippen molar-refractivity contribution in [3.63, 3.8) is 0 Å². The van der Waals surface area contributed by atoms with Crippen LogP contribution in [0.2, 0.25) is 18.1 Å². The molecule has 1 atom stereocenters. The van der Waals surface area contributed by atoms with E-state index in [0.29, 0.717) is 6.61 Å². The van der Waals surface area contributed by atoms with Crippen molar-refractivity contribution in [3.8, 4) is 23.7 Å². The molecule has 3 heteroatoms. The lowest BCUT2D eigenvalue weighted by Crippen LogP contribution is -2.46. The summed E-state index contributed by atoms with van der Waals surface area (Å²) in [6.45, 7) is 19.4. The van der Waals surface area contributed by atoms with Crippen molar-refractivity contribution in [1.29, 1.82) is 0 Å². The molecule has 0 saturated heterocycles. The smallest absolute Gasteiger partial charge is 0.192 e. The van der Waals surface area contributed by atoms with Crippen LogP contribution in [0.4, 0.5) is 0 Å². The predicted octanol–water partition coefficient (Wildman–Crippen LogP) is 3.57. The molecule has 0 unspecified atom stereocenters. The Morgan fingerprint density at radius 2 is 1.70 bits per heavy atom. The molecule has 20 heavy (non-hydrogen) atoms. The highest BCUT2D eigenvalue weighted by Crippen LogP contribution is 2.36. The second kappa shape index (κ2) is 8.32. The molecular weight excluding hydrogens is 262 g/mol. The van der Waals surface area contributed by atoms with E-state index in [1.165, 1.54) is 0 Å². The normalized spacial score (nSPS) is 13.0. The van der Waals surface area contributed by atoms with Gasteiger partial charge in [-0.2, -0.15) is 0 Å². The molecule has 1 N–H and O–H groups in total. The van der Waals surface area contributed by atoms with E-state index in [9.17, 15) is 0 Å². The zero-order valence-corrected chi connectivity index (χ0v) is 15.1. The average Bonchev–Trinajstić information content (AvgIpc) is 2.33. The predicted molar refractivity (Wildman–Crippen MR) is 91.0 cm³/mol. The molecule has 0 aromatic rings. The van der Waals surface area contributed by atoms with Crippen LogP contribution in [0.15, 0.2) is 12.7 Å². The van der Waals surface area contributed by atoms with Gasteiger partial charge in [-0.1, -0.05) is 38.7 Å². The van der Waals surface area contributed by atoms with Crippen LogP contribution < -0.4 is 5.32 Å². The van der Waals surface area contributed by atoms with Gasteiger partial charge >= 0.3 is 0 Å². The van der Waals surface area contributed by atoms with E-state index in [2.05, 4.69) is 69.4 Å². The minimum Gasteiger partial charge on any atom is -0.415 e. The van der Waals surface area contributed by atoms with Crippen LogP contribution in [0.3, 0.4) is 0 Å². The number of rotatable bonds is 6. The summed E-state index contributed by atoms with van der Waals surface area (Å²) in [5.41, 5.74) is 0. The molecule has 112 valence electrons. The van der Waals surface area contributed by atoms with Crippen molar-refractivity contribution >= 4 is 8.32 Å². The Bertz CT molecular complexity index is 406. The molecule has 0 heterocycles. The zero-order chi connectivity index (χ0) is 15.8. The van der Waals surface area contributed by atoms with E-state index in [1.54, 1.807) is 0 Å². The lowest BCUT2D eigenvalue weighted by Gasteiger charge is -2.37. The Morgan fingerprint density at radius 3 is 2.05 bits per heavy atom. The SMILES string of the molecule is C=C[C@H](CO[Si](C)(C)C(C)(C)C)NC(C#CC)C#CC. The zero-order valence-electron chi connectivity index (χ0n) is 14.1. The van der Waals surface area contributed by atoms with Gasteiger partial charge in [-0.05, 0) is 32.0 Å². The van der Waals surface area contributed by atoms with Crippen LogP contribution in [0.5, 0.6) is 0 Å². The van der Waals surface area contributed by atoms with Crippen LogP contribution in [-0.4, -0.2) is 27.0 Å².